The summed E-state index contributed by atoms with van der Waals surface area (Å²) in [5.41, 5.74) is 1.60. The van der Waals surface area contributed by atoms with Crippen molar-refractivity contribution >= 4 is 39.8 Å². The van der Waals surface area contributed by atoms with Crippen LogP contribution in [0.1, 0.15) is 25.5 Å². The zero-order chi connectivity index (χ0) is 24.9. The van der Waals surface area contributed by atoms with Crippen molar-refractivity contribution in [2.24, 2.45) is 7.05 Å². The fourth-order valence-corrected chi connectivity index (χ4v) is 4.38. The van der Waals surface area contributed by atoms with E-state index >= 15 is 0 Å². The number of aromatic nitrogens is 4. The van der Waals surface area contributed by atoms with Crippen molar-refractivity contribution < 1.29 is 18.6 Å². The molecule has 2 aliphatic rings. The molecule has 0 saturated carbocycles. The maximum atomic E-state index is 13.3. The first kappa shape index (κ1) is 25.5. The number of hydrogen-bond donors (Lipinski definition) is 2. The number of aliphatic hydroxyl groups is 1. The van der Waals surface area contributed by atoms with Crippen LogP contribution in [0, 0.1) is 0 Å². The molecule has 0 spiro atoms. The largest absolute Gasteiger partial charge is 0.391 e. The summed E-state index contributed by atoms with van der Waals surface area (Å²) in [4.78, 5) is 13.4. The maximum Gasteiger partial charge on any atom is 0.282 e. The van der Waals surface area contributed by atoms with Crippen molar-refractivity contribution in [1.29, 1.82) is 0 Å². The number of hydrogen-bond acceptors (Lipinski definition) is 8. The summed E-state index contributed by atoms with van der Waals surface area (Å²) in [6.07, 6.45) is 0.964. The van der Waals surface area contributed by atoms with E-state index in [4.69, 9.17) is 21.4 Å². The molecule has 1 unspecified atom stereocenters. The predicted molar refractivity (Wildman–Crippen MR) is 132 cm³/mol. The quantitative estimate of drug-likeness (QED) is 0.539. The molecule has 0 radical (unpaired) electrons. The summed E-state index contributed by atoms with van der Waals surface area (Å²) in [5.74, 6) is 0.233. The van der Waals surface area contributed by atoms with Gasteiger partial charge < -0.3 is 25.0 Å². The number of halogens is 3. The number of alkyl halides is 2. The topological polar surface area (TPSA) is 91.6 Å². The molecule has 2 aliphatic heterocycles. The Morgan fingerprint density at radius 1 is 1.23 bits per heavy atom. The first-order chi connectivity index (χ1) is 16.9. The number of nitrogens with zero attached hydrogens (tertiary/aromatic N) is 6. The summed E-state index contributed by atoms with van der Waals surface area (Å²) in [6.45, 7) is 8.23. The van der Waals surface area contributed by atoms with E-state index in [9.17, 15) is 8.78 Å². The van der Waals surface area contributed by atoms with Crippen LogP contribution in [0.25, 0.3) is 10.9 Å². The highest BCUT2D eigenvalue weighted by Crippen LogP contribution is 2.32. The third-order valence-corrected chi connectivity index (χ3v) is 6.45. The molecule has 12 heteroatoms. The van der Waals surface area contributed by atoms with Gasteiger partial charge in [0.25, 0.3) is 6.43 Å². The zero-order valence-corrected chi connectivity index (χ0v) is 20.5. The van der Waals surface area contributed by atoms with Crippen LogP contribution in [0.4, 0.5) is 26.1 Å². The van der Waals surface area contributed by atoms with Gasteiger partial charge >= 0.3 is 0 Å². The standard InChI is InChI=1S/C19H22ClF2N7.C4H8O2/c1-3-28-4-6-29(7-5-28)16-9-14-12(8-13(16)20)10-23-19(25-14)26-15-11-24-27(2)17(15)18(21)22;5-4-1-2-6-3-4/h8-11,18H,3-7H2,1-2H3,(H,23,25,26);4-5H,1-3H2. The summed E-state index contributed by atoms with van der Waals surface area (Å²) in [6, 6.07) is 3.78. The average molecular weight is 510 g/mol. The first-order valence-corrected chi connectivity index (χ1v) is 12.0. The summed E-state index contributed by atoms with van der Waals surface area (Å²) in [5, 5.41) is 16.8. The molecule has 2 saturated heterocycles. The molecule has 3 aromatic rings. The van der Waals surface area contributed by atoms with Gasteiger partial charge in [-0.2, -0.15) is 5.10 Å². The highest BCUT2D eigenvalue weighted by Gasteiger charge is 2.21. The number of fused-ring (bicyclic) bond motifs is 1. The van der Waals surface area contributed by atoms with Gasteiger partial charge in [0, 0.05) is 51.4 Å². The van der Waals surface area contributed by atoms with Crippen molar-refractivity contribution in [1.82, 2.24) is 24.6 Å². The van der Waals surface area contributed by atoms with Crippen molar-refractivity contribution in [3.8, 4) is 0 Å². The number of benzene rings is 1. The van der Waals surface area contributed by atoms with Gasteiger partial charge in [-0.15, -0.1) is 0 Å². The van der Waals surface area contributed by atoms with Crippen molar-refractivity contribution in [3.63, 3.8) is 0 Å². The molecule has 2 N–H and O–H groups in total. The molecule has 0 bridgehead atoms. The Morgan fingerprint density at radius 2 is 2.00 bits per heavy atom. The van der Waals surface area contributed by atoms with Gasteiger partial charge in [-0.1, -0.05) is 18.5 Å². The molecule has 1 aromatic carbocycles. The third-order valence-electron chi connectivity index (χ3n) is 6.15. The lowest BCUT2D eigenvalue weighted by atomic mass is 10.2. The van der Waals surface area contributed by atoms with Gasteiger partial charge in [0.15, 0.2) is 0 Å². The van der Waals surface area contributed by atoms with E-state index in [0.29, 0.717) is 17.1 Å². The van der Waals surface area contributed by atoms with E-state index < -0.39 is 6.43 Å². The second kappa shape index (κ2) is 11.4. The molecule has 0 amide bonds. The number of anilines is 3. The Labute approximate surface area is 207 Å². The van der Waals surface area contributed by atoms with Gasteiger partial charge in [-0.25, -0.2) is 18.7 Å². The van der Waals surface area contributed by atoms with Gasteiger partial charge in [-0.05, 0) is 25.1 Å². The Hall–Kier alpha value is -2.60. The van der Waals surface area contributed by atoms with Crippen LogP contribution in [0.3, 0.4) is 0 Å². The summed E-state index contributed by atoms with van der Waals surface area (Å²) < 4.78 is 32.5. The monoisotopic (exact) mass is 509 g/mol. The third kappa shape index (κ3) is 6.16. The van der Waals surface area contributed by atoms with Crippen molar-refractivity contribution in [2.45, 2.75) is 25.9 Å². The van der Waals surface area contributed by atoms with E-state index in [0.717, 1.165) is 61.5 Å². The van der Waals surface area contributed by atoms with Gasteiger partial charge in [0.2, 0.25) is 5.95 Å². The maximum absolute atomic E-state index is 13.3. The number of likely N-dealkylation sites (N-methyl/N-ethyl adjacent to an activating group) is 1. The molecule has 4 heterocycles. The molecule has 190 valence electrons. The normalized spacial score (nSPS) is 18.7. The number of ether oxygens (including phenoxy) is 1. The molecule has 0 aliphatic carbocycles. The number of aliphatic hydroxyl groups excluding tert-OH is 1. The number of nitrogens with one attached hydrogen (secondary N) is 1. The Morgan fingerprint density at radius 3 is 2.60 bits per heavy atom. The molecule has 35 heavy (non-hydrogen) atoms. The molecule has 5 rings (SSSR count). The minimum Gasteiger partial charge on any atom is -0.391 e. The van der Waals surface area contributed by atoms with Crippen LogP contribution < -0.4 is 10.2 Å². The van der Waals surface area contributed by atoms with Crippen LogP contribution in [0.2, 0.25) is 5.02 Å². The van der Waals surface area contributed by atoms with E-state index in [1.807, 2.05) is 12.1 Å². The van der Waals surface area contributed by atoms with Crippen molar-refractivity contribution in [2.75, 3.05) is 56.2 Å². The van der Waals surface area contributed by atoms with Crippen LogP contribution in [-0.4, -0.2) is 81.8 Å². The molecule has 2 fully saturated rings. The first-order valence-electron chi connectivity index (χ1n) is 11.6. The molecule has 9 nitrogen and oxygen atoms in total. The smallest absolute Gasteiger partial charge is 0.282 e. The van der Waals surface area contributed by atoms with Crippen LogP contribution >= 0.6 is 11.6 Å². The summed E-state index contributed by atoms with van der Waals surface area (Å²) in [7, 11) is 1.47. The second-order valence-corrected chi connectivity index (χ2v) is 8.89. The van der Waals surface area contributed by atoms with E-state index in [1.54, 1.807) is 6.20 Å². The van der Waals surface area contributed by atoms with E-state index in [-0.39, 0.29) is 23.4 Å². The SMILES string of the molecule is CCN1CCN(c2cc3nc(Nc4cnn(C)c4C(F)F)ncc3cc2Cl)CC1.OC1CCOC1. The Bertz CT molecular complexity index is 1130. The predicted octanol–water partition coefficient (Wildman–Crippen LogP) is 3.61. The highest BCUT2D eigenvalue weighted by atomic mass is 35.5. The average Bonchev–Trinajstić information content (AvgIpc) is 3.47. The highest BCUT2D eigenvalue weighted by molar-refractivity contribution is 6.34. The number of piperazine rings is 1. The lowest BCUT2D eigenvalue weighted by Gasteiger charge is -2.36. The second-order valence-electron chi connectivity index (χ2n) is 8.49. The van der Waals surface area contributed by atoms with E-state index in [1.165, 1.54) is 13.2 Å². The van der Waals surface area contributed by atoms with E-state index in [2.05, 4.69) is 37.1 Å². The van der Waals surface area contributed by atoms with Gasteiger partial charge in [0.1, 0.15) is 5.69 Å². The minimum absolute atomic E-state index is 0.176. The van der Waals surface area contributed by atoms with Crippen LogP contribution in [0.15, 0.2) is 24.5 Å². The number of rotatable bonds is 5. The Kier molecular flexibility index (Phi) is 8.32. The van der Waals surface area contributed by atoms with Gasteiger partial charge in [0.05, 0.1) is 40.8 Å². The molecular formula is C23H30ClF2N7O2. The fraction of sp³-hybridized carbons (Fsp3) is 0.522. The summed E-state index contributed by atoms with van der Waals surface area (Å²) >= 11 is 6.51. The lowest BCUT2D eigenvalue weighted by Crippen LogP contribution is -2.46. The number of aryl methyl sites for hydroxylation is 1. The van der Waals surface area contributed by atoms with Gasteiger partial charge in [-0.3, -0.25) is 4.68 Å². The zero-order valence-electron chi connectivity index (χ0n) is 19.8. The lowest BCUT2D eigenvalue weighted by molar-refractivity contribution is 0.127. The van der Waals surface area contributed by atoms with Crippen molar-refractivity contribution in [3.05, 3.63) is 35.2 Å². The minimum atomic E-state index is -2.65. The molecular weight excluding hydrogens is 480 g/mol. The molecule has 1 atom stereocenters. The van der Waals surface area contributed by atoms with Crippen LogP contribution in [-0.2, 0) is 11.8 Å². The molecule has 2 aromatic heterocycles. The van der Waals surface area contributed by atoms with Crippen LogP contribution in [0.5, 0.6) is 0 Å². The Balaban J connectivity index is 0.000000421. The fourth-order valence-electron chi connectivity index (χ4n) is 4.09.